The van der Waals surface area contributed by atoms with Crippen LogP contribution in [-0.2, 0) is 23.2 Å². The second-order valence-electron chi connectivity index (χ2n) is 6.55. The van der Waals surface area contributed by atoms with Crippen molar-refractivity contribution in [2.75, 3.05) is 18.4 Å². The molecule has 1 aliphatic heterocycles. The zero-order chi connectivity index (χ0) is 16.7. The minimum atomic E-state index is -0.359. The highest BCUT2D eigenvalue weighted by atomic mass is 79.9. The van der Waals surface area contributed by atoms with Gasteiger partial charge < -0.3 is 5.32 Å². The molecule has 2 aromatic rings. The van der Waals surface area contributed by atoms with Crippen molar-refractivity contribution in [1.29, 1.82) is 0 Å². The molecule has 0 atom stereocenters. The van der Waals surface area contributed by atoms with Crippen LogP contribution in [0.5, 0.6) is 0 Å². The molecule has 0 radical (unpaired) electrons. The Morgan fingerprint density at radius 1 is 1.38 bits per heavy atom. The van der Waals surface area contributed by atoms with Gasteiger partial charge in [-0.25, -0.2) is 4.98 Å². The van der Waals surface area contributed by atoms with Gasteiger partial charge in [-0.3, -0.25) is 9.69 Å². The Kier molecular flexibility index (Phi) is 4.22. The van der Waals surface area contributed by atoms with Crippen LogP contribution >= 0.6 is 27.3 Å². The first-order valence-corrected chi connectivity index (χ1v) is 10.00. The van der Waals surface area contributed by atoms with Gasteiger partial charge in [0.15, 0.2) is 5.13 Å². The number of carbonyl (C=O) groups excluding carboxylic acids is 1. The quantitative estimate of drug-likeness (QED) is 0.836. The van der Waals surface area contributed by atoms with Gasteiger partial charge in [-0.2, -0.15) is 0 Å². The molecule has 1 saturated carbocycles. The first-order valence-electron chi connectivity index (χ1n) is 8.39. The van der Waals surface area contributed by atoms with E-state index in [1.54, 1.807) is 11.3 Å². The van der Waals surface area contributed by atoms with Gasteiger partial charge in [0, 0.05) is 28.9 Å². The van der Waals surface area contributed by atoms with Crippen molar-refractivity contribution in [3.63, 3.8) is 0 Å². The first kappa shape index (κ1) is 16.2. The first-order chi connectivity index (χ1) is 11.6. The highest BCUT2D eigenvalue weighted by Gasteiger charge is 2.51. The molecule has 1 aromatic heterocycles. The van der Waals surface area contributed by atoms with Gasteiger partial charge in [0.05, 0.1) is 11.1 Å². The molecule has 24 heavy (non-hydrogen) atoms. The molecular weight excluding hydrogens is 386 g/mol. The summed E-state index contributed by atoms with van der Waals surface area (Å²) in [6.07, 6.45) is 2.80. The van der Waals surface area contributed by atoms with E-state index in [0.29, 0.717) is 0 Å². The topological polar surface area (TPSA) is 45.2 Å². The molecule has 6 heteroatoms. The SMILES string of the molecule is CCN1CCc2nc(NC(=O)C3(c4ccc(Br)cc4)CC3)sc2C1. The molecule has 1 fully saturated rings. The minimum absolute atomic E-state index is 0.0864. The number of aromatic nitrogens is 1. The number of amides is 1. The highest BCUT2D eigenvalue weighted by molar-refractivity contribution is 9.10. The van der Waals surface area contributed by atoms with Crippen molar-refractivity contribution < 1.29 is 4.79 Å². The lowest BCUT2D eigenvalue weighted by Gasteiger charge is -2.23. The maximum atomic E-state index is 12.8. The van der Waals surface area contributed by atoms with E-state index in [1.165, 1.54) is 4.88 Å². The number of nitrogens with one attached hydrogen (secondary N) is 1. The fourth-order valence-electron chi connectivity index (χ4n) is 3.33. The van der Waals surface area contributed by atoms with Crippen LogP contribution in [0, 0.1) is 0 Å². The minimum Gasteiger partial charge on any atom is -0.301 e. The molecule has 126 valence electrons. The Labute approximate surface area is 154 Å². The molecule has 0 unspecified atom stereocenters. The summed E-state index contributed by atoms with van der Waals surface area (Å²) < 4.78 is 1.04. The van der Waals surface area contributed by atoms with Crippen LogP contribution in [0.15, 0.2) is 28.7 Å². The van der Waals surface area contributed by atoms with Crippen molar-refractivity contribution >= 4 is 38.3 Å². The Morgan fingerprint density at radius 3 is 2.79 bits per heavy atom. The normalized spacial score (nSPS) is 18.9. The van der Waals surface area contributed by atoms with Crippen molar-refractivity contribution in [2.45, 2.75) is 38.1 Å². The lowest BCUT2D eigenvalue weighted by atomic mass is 9.95. The van der Waals surface area contributed by atoms with Crippen LogP contribution < -0.4 is 5.32 Å². The number of benzene rings is 1. The molecule has 2 aliphatic rings. The molecule has 1 aliphatic carbocycles. The Bertz CT molecular complexity index is 767. The lowest BCUT2D eigenvalue weighted by molar-refractivity contribution is -0.118. The molecular formula is C18H20BrN3OS. The van der Waals surface area contributed by atoms with Gasteiger partial charge in [-0.1, -0.05) is 35.0 Å². The molecule has 1 N–H and O–H groups in total. The van der Waals surface area contributed by atoms with Gasteiger partial charge >= 0.3 is 0 Å². The van der Waals surface area contributed by atoms with E-state index in [2.05, 4.69) is 38.1 Å². The molecule has 0 saturated heterocycles. The number of hydrogen-bond donors (Lipinski definition) is 1. The summed E-state index contributed by atoms with van der Waals surface area (Å²) in [6.45, 7) is 5.26. The third-order valence-corrected chi connectivity index (χ3v) is 6.59. The van der Waals surface area contributed by atoms with Crippen molar-refractivity contribution in [3.05, 3.63) is 44.9 Å². The third kappa shape index (κ3) is 2.91. The number of rotatable bonds is 4. The Morgan fingerprint density at radius 2 is 2.12 bits per heavy atom. The molecule has 4 nitrogen and oxygen atoms in total. The molecule has 2 heterocycles. The van der Waals surface area contributed by atoms with Gasteiger partial charge in [0.25, 0.3) is 0 Å². The summed E-state index contributed by atoms with van der Waals surface area (Å²) in [5.41, 5.74) is 1.90. The maximum Gasteiger partial charge on any atom is 0.236 e. The smallest absolute Gasteiger partial charge is 0.236 e. The number of nitrogens with zero attached hydrogens (tertiary/aromatic N) is 2. The highest BCUT2D eigenvalue weighted by Crippen LogP contribution is 2.49. The number of thiazole rings is 1. The predicted octanol–water partition coefficient (Wildman–Crippen LogP) is 3.95. The zero-order valence-electron chi connectivity index (χ0n) is 13.6. The summed E-state index contributed by atoms with van der Waals surface area (Å²) in [7, 11) is 0. The number of hydrogen-bond acceptors (Lipinski definition) is 4. The largest absolute Gasteiger partial charge is 0.301 e. The molecule has 4 rings (SSSR count). The Balaban J connectivity index is 1.51. The van der Waals surface area contributed by atoms with Crippen LogP contribution in [0.1, 0.15) is 35.9 Å². The van der Waals surface area contributed by atoms with E-state index in [9.17, 15) is 4.79 Å². The van der Waals surface area contributed by atoms with E-state index in [0.717, 1.165) is 59.8 Å². The predicted molar refractivity (Wildman–Crippen MR) is 100 cm³/mol. The number of halogens is 1. The van der Waals surface area contributed by atoms with Crippen molar-refractivity contribution in [3.8, 4) is 0 Å². The van der Waals surface area contributed by atoms with Crippen LogP contribution in [0.4, 0.5) is 5.13 Å². The summed E-state index contributed by atoms with van der Waals surface area (Å²) in [5.74, 6) is 0.0864. The number of carbonyl (C=O) groups is 1. The second-order valence-corrected chi connectivity index (χ2v) is 8.55. The van der Waals surface area contributed by atoms with Crippen LogP contribution in [0.25, 0.3) is 0 Å². The molecule has 0 spiro atoms. The van der Waals surface area contributed by atoms with Gasteiger partial charge in [-0.05, 0) is 37.1 Å². The van der Waals surface area contributed by atoms with Crippen LogP contribution in [0.2, 0.25) is 0 Å². The lowest BCUT2D eigenvalue weighted by Crippen LogP contribution is -2.29. The average Bonchev–Trinajstić information content (AvgIpc) is 3.30. The van der Waals surface area contributed by atoms with E-state index in [1.807, 2.05) is 24.3 Å². The van der Waals surface area contributed by atoms with E-state index >= 15 is 0 Å². The third-order valence-electron chi connectivity index (χ3n) is 5.06. The van der Waals surface area contributed by atoms with E-state index < -0.39 is 0 Å². The van der Waals surface area contributed by atoms with Crippen LogP contribution in [-0.4, -0.2) is 28.9 Å². The van der Waals surface area contributed by atoms with Gasteiger partial charge in [0.2, 0.25) is 5.91 Å². The number of fused-ring (bicyclic) bond motifs is 1. The van der Waals surface area contributed by atoms with Gasteiger partial charge in [0.1, 0.15) is 0 Å². The maximum absolute atomic E-state index is 12.8. The van der Waals surface area contributed by atoms with Crippen molar-refractivity contribution in [1.82, 2.24) is 9.88 Å². The van der Waals surface area contributed by atoms with E-state index in [-0.39, 0.29) is 11.3 Å². The van der Waals surface area contributed by atoms with Crippen molar-refractivity contribution in [2.24, 2.45) is 0 Å². The number of anilines is 1. The monoisotopic (exact) mass is 405 g/mol. The molecule has 1 aromatic carbocycles. The van der Waals surface area contributed by atoms with Crippen LogP contribution in [0.3, 0.4) is 0 Å². The van der Waals surface area contributed by atoms with E-state index in [4.69, 9.17) is 0 Å². The fraction of sp³-hybridized carbons (Fsp3) is 0.444. The average molecular weight is 406 g/mol. The summed E-state index contributed by atoms with van der Waals surface area (Å²) >= 11 is 5.09. The standard InChI is InChI=1S/C18H20BrN3OS/c1-2-22-10-7-14-15(11-22)24-17(20-14)21-16(23)18(8-9-18)12-3-5-13(19)6-4-12/h3-6H,2,7-11H2,1H3,(H,20,21,23). The summed E-state index contributed by atoms with van der Waals surface area (Å²) in [5, 5.41) is 3.84. The molecule has 1 amide bonds. The summed E-state index contributed by atoms with van der Waals surface area (Å²) in [6, 6.07) is 8.10. The molecule has 0 bridgehead atoms. The zero-order valence-corrected chi connectivity index (χ0v) is 16.0. The van der Waals surface area contributed by atoms with Gasteiger partial charge in [-0.15, -0.1) is 11.3 Å². The second kappa shape index (κ2) is 6.24. The summed E-state index contributed by atoms with van der Waals surface area (Å²) in [4.78, 5) is 21.2. The fourth-order valence-corrected chi connectivity index (χ4v) is 4.64. The Hall–Kier alpha value is -1.24. The number of likely N-dealkylation sites (N-methyl/N-ethyl adjacent to an activating group) is 1.